The molecule has 0 spiro atoms. The Kier molecular flexibility index (Phi) is 6.11. The summed E-state index contributed by atoms with van der Waals surface area (Å²) in [5.41, 5.74) is 3.74. The van der Waals surface area contributed by atoms with Gasteiger partial charge in [-0.25, -0.2) is 0 Å². The molecule has 0 N–H and O–H groups in total. The summed E-state index contributed by atoms with van der Waals surface area (Å²) >= 11 is 0. The molecule has 0 fully saturated rings. The molecule has 1 nitrogen and oxygen atoms in total. The highest BCUT2D eigenvalue weighted by Crippen LogP contribution is 2.18. The molecule has 1 rings (SSSR count). The molecule has 1 heteroatoms. The van der Waals surface area contributed by atoms with Gasteiger partial charge in [0.25, 0.3) is 0 Å². The summed E-state index contributed by atoms with van der Waals surface area (Å²) < 4.78 is 0. The van der Waals surface area contributed by atoms with Crippen LogP contribution in [-0.4, -0.2) is 5.78 Å². The number of carbonyl (C=O) groups excluding carboxylic acids is 1. The van der Waals surface area contributed by atoms with Crippen molar-refractivity contribution in [3.05, 3.63) is 34.9 Å². The Balaban J connectivity index is 2.69. The Labute approximate surface area is 112 Å². The molecule has 0 aromatic heterocycles. The SMILES string of the molecule is CCCC(CCC)C(=O)Cc1ccc(C)c(C)c1. The van der Waals surface area contributed by atoms with Crippen molar-refractivity contribution in [3.8, 4) is 0 Å². The maximum Gasteiger partial charge on any atom is 0.140 e. The lowest BCUT2D eigenvalue weighted by atomic mass is 9.89. The van der Waals surface area contributed by atoms with Crippen LogP contribution >= 0.6 is 0 Å². The van der Waals surface area contributed by atoms with E-state index < -0.39 is 0 Å². The molecule has 0 atom stereocenters. The minimum absolute atomic E-state index is 0.265. The molecular weight excluding hydrogens is 220 g/mol. The average Bonchev–Trinajstić information content (AvgIpc) is 2.33. The van der Waals surface area contributed by atoms with Crippen molar-refractivity contribution in [3.63, 3.8) is 0 Å². The van der Waals surface area contributed by atoms with Crippen LogP contribution in [0.1, 0.15) is 56.2 Å². The van der Waals surface area contributed by atoms with Gasteiger partial charge < -0.3 is 0 Å². The number of Topliss-reactive ketones (excluding diaryl/α,β-unsaturated/α-hetero) is 1. The van der Waals surface area contributed by atoms with Crippen LogP contribution in [0.4, 0.5) is 0 Å². The fourth-order valence-corrected chi connectivity index (χ4v) is 2.42. The Bertz CT molecular complexity index is 387. The van der Waals surface area contributed by atoms with Crippen molar-refractivity contribution in [2.45, 2.75) is 59.8 Å². The van der Waals surface area contributed by atoms with E-state index in [0.29, 0.717) is 12.2 Å². The first-order valence-corrected chi connectivity index (χ1v) is 7.17. The Hall–Kier alpha value is -1.11. The van der Waals surface area contributed by atoms with Crippen LogP contribution < -0.4 is 0 Å². The van der Waals surface area contributed by atoms with Gasteiger partial charge in [0.15, 0.2) is 0 Å². The zero-order valence-electron chi connectivity index (χ0n) is 12.3. The molecule has 100 valence electrons. The third-order valence-corrected chi connectivity index (χ3v) is 3.68. The molecule has 0 saturated carbocycles. The number of ketones is 1. The van der Waals surface area contributed by atoms with E-state index in [1.54, 1.807) is 0 Å². The van der Waals surface area contributed by atoms with Crippen molar-refractivity contribution in [2.75, 3.05) is 0 Å². The summed E-state index contributed by atoms with van der Waals surface area (Å²) in [6, 6.07) is 6.37. The first kappa shape index (κ1) is 14.9. The van der Waals surface area contributed by atoms with Gasteiger partial charge in [0.1, 0.15) is 5.78 Å². The molecule has 18 heavy (non-hydrogen) atoms. The van der Waals surface area contributed by atoms with E-state index >= 15 is 0 Å². The van der Waals surface area contributed by atoms with Crippen LogP contribution in [0.25, 0.3) is 0 Å². The number of rotatable bonds is 7. The van der Waals surface area contributed by atoms with Crippen molar-refractivity contribution >= 4 is 5.78 Å². The van der Waals surface area contributed by atoms with E-state index in [1.165, 1.54) is 16.7 Å². The predicted octanol–water partition coefficient (Wildman–Crippen LogP) is 4.63. The summed E-state index contributed by atoms with van der Waals surface area (Å²) in [5, 5.41) is 0. The van der Waals surface area contributed by atoms with Crippen LogP contribution in [0.15, 0.2) is 18.2 Å². The summed E-state index contributed by atoms with van der Waals surface area (Å²) in [6.07, 6.45) is 4.88. The quantitative estimate of drug-likeness (QED) is 0.685. The Morgan fingerprint density at radius 3 is 2.17 bits per heavy atom. The van der Waals surface area contributed by atoms with Crippen LogP contribution in [0.3, 0.4) is 0 Å². The second-order valence-electron chi connectivity index (χ2n) is 5.34. The number of aryl methyl sites for hydroxylation is 2. The lowest BCUT2D eigenvalue weighted by molar-refractivity contribution is -0.122. The van der Waals surface area contributed by atoms with E-state index in [2.05, 4.69) is 45.9 Å². The number of benzene rings is 1. The molecule has 0 aliphatic carbocycles. The van der Waals surface area contributed by atoms with Gasteiger partial charge in [0.2, 0.25) is 0 Å². The van der Waals surface area contributed by atoms with Crippen molar-refractivity contribution < 1.29 is 4.79 Å². The summed E-state index contributed by atoms with van der Waals surface area (Å²) in [4.78, 5) is 12.3. The monoisotopic (exact) mass is 246 g/mol. The molecule has 0 saturated heterocycles. The zero-order valence-corrected chi connectivity index (χ0v) is 12.3. The van der Waals surface area contributed by atoms with Gasteiger partial charge in [-0.2, -0.15) is 0 Å². The number of hydrogen-bond acceptors (Lipinski definition) is 1. The second-order valence-corrected chi connectivity index (χ2v) is 5.34. The van der Waals surface area contributed by atoms with E-state index in [-0.39, 0.29) is 5.92 Å². The third kappa shape index (κ3) is 4.29. The number of carbonyl (C=O) groups is 1. The lowest BCUT2D eigenvalue weighted by Crippen LogP contribution is -2.16. The van der Waals surface area contributed by atoms with Crippen LogP contribution in [0, 0.1) is 19.8 Å². The van der Waals surface area contributed by atoms with Gasteiger partial charge in [-0.05, 0) is 43.4 Å². The van der Waals surface area contributed by atoms with Gasteiger partial charge in [0, 0.05) is 12.3 Å². The molecule has 0 radical (unpaired) electrons. The smallest absolute Gasteiger partial charge is 0.140 e. The minimum Gasteiger partial charge on any atom is -0.299 e. The third-order valence-electron chi connectivity index (χ3n) is 3.68. The first-order chi connectivity index (χ1) is 8.58. The normalized spacial score (nSPS) is 10.9. The maximum absolute atomic E-state index is 12.3. The average molecular weight is 246 g/mol. The second kappa shape index (κ2) is 7.35. The van der Waals surface area contributed by atoms with E-state index in [1.807, 2.05) is 0 Å². The minimum atomic E-state index is 0.265. The van der Waals surface area contributed by atoms with Crippen LogP contribution in [-0.2, 0) is 11.2 Å². The fraction of sp³-hybridized carbons (Fsp3) is 0.588. The molecule has 0 aliphatic heterocycles. The van der Waals surface area contributed by atoms with Gasteiger partial charge in [0.05, 0.1) is 0 Å². The van der Waals surface area contributed by atoms with Crippen molar-refractivity contribution in [2.24, 2.45) is 5.92 Å². The van der Waals surface area contributed by atoms with E-state index in [0.717, 1.165) is 25.7 Å². The Morgan fingerprint density at radius 2 is 1.67 bits per heavy atom. The van der Waals surface area contributed by atoms with Crippen molar-refractivity contribution in [1.82, 2.24) is 0 Å². The fourth-order valence-electron chi connectivity index (χ4n) is 2.42. The topological polar surface area (TPSA) is 17.1 Å². The summed E-state index contributed by atoms with van der Waals surface area (Å²) in [5.74, 6) is 0.684. The maximum atomic E-state index is 12.3. The first-order valence-electron chi connectivity index (χ1n) is 7.17. The molecule has 0 bridgehead atoms. The summed E-state index contributed by atoms with van der Waals surface area (Å²) in [6.45, 7) is 8.54. The molecule has 0 aliphatic rings. The molecule has 1 aromatic carbocycles. The highest BCUT2D eigenvalue weighted by molar-refractivity contribution is 5.83. The molecule has 0 unspecified atom stereocenters. The highest BCUT2D eigenvalue weighted by Gasteiger charge is 2.16. The van der Waals surface area contributed by atoms with Crippen molar-refractivity contribution in [1.29, 1.82) is 0 Å². The van der Waals surface area contributed by atoms with Gasteiger partial charge >= 0.3 is 0 Å². The largest absolute Gasteiger partial charge is 0.299 e. The van der Waals surface area contributed by atoms with Gasteiger partial charge in [-0.1, -0.05) is 44.9 Å². The molecule has 0 amide bonds. The van der Waals surface area contributed by atoms with E-state index in [4.69, 9.17) is 0 Å². The Morgan fingerprint density at radius 1 is 1.06 bits per heavy atom. The summed E-state index contributed by atoms with van der Waals surface area (Å²) in [7, 11) is 0. The van der Waals surface area contributed by atoms with E-state index in [9.17, 15) is 4.79 Å². The van der Waals surface area contributed by atoms with Gasteiger partial charge in [-0.3, -0.25) is 4.79 Å². The van der Waals surface area contributed by atoms with Crippen LogP contribution in [0.5, 0.6) is 0 Å². The molecular formula is C17H26O. The van der Waals surface area contributed by atoms with Crippen LogP contribution in [0.2, 0.25) is 0 Å². The zero-order chi connectivity index (χ0) is 13.5. The highest BCUT2D eigenvalue weighted by atomic mass is 16.1. The lowest BCUT2D eigenvalue weighted by Gasteiger charge is -2.14. The predicted molar refractivity (Wildman–Crippen MR) is 77.9 cm³/mol. The molecule has 0 heterocycles. The standard InChI is InChI=1S/C17H26O/c1-5-7-16(8-6-2)17(18)12-15-10-9-13(3)14(4)11-15/h9-11,16H,5-8,12H2,1-4H3. The molecule has 1 aromatic rings. The van der Waals surface area contributed by atoms with Gasteiger partial charge in [-0.15, -0.1) is 0 Å². The number of hydrogen-bond donors (Lipinski definition) is 0.